The Labute approximate surface area is 131 Å². The average Bonchev–Trinajstić information content (AvgIpc) is 2.48. The van der Waals surface area contributed by atoms with Crippen molar-refractivity contribution in [3.8, 4) is 11.5 Å². The van der Waals surface area contributed by atoms with Crippen molar-refractivity contribution in [2.24, 2.45) is 0 Å². The minimum atomic E-state index is -0.00397. The van der Waals surface area contributed by atoms with Crippen molar-refractivity contribution in [2.75, 3.05) is 32.6 Å². The summed E-state index contributed by atoms with van der Waals surface area (Å²) in [5.74, 6) is 2.54. The van der Waals surface area contributed by atoms with E-state index < -0.39 is 0 Å². The van der Waals surface area contributed by atoms with Gasteiger partial charge in [-0.05, 0) is 31.7 Å². The fraction of sp³-hybridized carbons (Fsp3) is 0.562. The number of hydrogen-bond acceptors (Lipinski definition) is 4. The summed E-state index contributed by atoms with van der Waals surface area (Å²) in [6.45, 7) is 7.56. The van der Waals surface area contributed by atoms with E-state index in [1.54, 1.807) is 16.7 Å². The van der Waals surface area contributed by atoms with Gasteiger partial charge in [0, 0.05) is 7.05 Å². The SMILES string of the molecule is CCOc1ccccc1OCCN(C)C(=O)C(C)SCC. The van der Waals surface area contributed by atoms with Crippen molar-refractivity contribution < 1.29 is 14.3 Å². The van der Waals surface area contributed by atoms with Crippen LogP contribution in [0, 0.1) is 0 Å². The fourth-order valence-electron chi connectivity index (χ4n) is 1.88. The van der Waals surface area contributed by atoms with Crippen LogP contribution in [0.2, 0.25) is 0 Å². The standard InChI is InChI=1S/C16H25NO3S/c1-5-19-14-9-7-8-10-15(14)20-12-11-17(4)16(18)13(3)21-6-2/h7-10,13H,5-6,11-12H2,1-4H3. The summed E-state index contributed by atoms with van der Waals surface area (Å²) >= 11 is 1.65. The van der Waals surface area contributed by atoms with Crippen LogP contribution in [0.4, 0.5) is 0 Å². The maximum atomic E-state index is 12.1. The summed E-state index contributed by atoms with van der Waals surface area (Å²) in [5, 5.41) is -0.00397. The number of para-hydroxylation sites is 2. The molecule has 1 aromatic carbocycles. The molecular formula is C16H25NO3S. The molecule has 1 rings (SSSR count). The Morgan fingerprint density at radius 1 is 1.24 bits per heavy atom. The van der Waals surface area contributed by atoms with Crippen LogP contribution >= 0.6 is 11.8 Å². The zero-order chi connectivity index (χ0) is 15.7. The first-order valence-corrected chi connectivity index (χ1v) is 8.36. The molecule has 0 saturated carbocycles. The van der Waals surface area contributed by atoms with Crippen molar-refractivity contribution in [1.29, 1.82) is 0 Å². The largest absolute Gasteiger partial charge is 0.490 e. The van der Waals surface area contributed by atoms with E-state index >= 15 is 0 Å². The van der Waals surface area contributed by atoms with Crippen LogP contribution < -0.4 is 9.47 Å². The first-order valence-electron chi connectivity index (χ1n) is 7.31. The molecule has 118 valence electrons. The Morgan fingerprint density at radius 3 is 2.43 bits per heavy atom. The van der Waals surface area contributed by atoms with Gasteiger partial charge in [-0.1, -0.05) is 19.1 Å². The number of benzene rings is 1. The predicted octanol–water partition coefficient (Wildman–Crippen LogP) is 3.06. The molecule has 1 unspecified atom stereocenters. The minimum absolute atomic E-state index is 0.00397. The fourth-order valence-corrected chi connectivity index (χ4v) is 2.70. The van der Waals surface area contributed by atoms with E-state index in [1.165, 1.54) is 0 Å². The molecule has 0 radical (unpaired) electrons. The van der Waals surface area contributed by atoms with E-state index in [0.29, 0.717) is 19.8 Å². The van der Waals surface area contributed by atoms with Crippen molar-refractivity contribution in [2.45, 2.75) is 26.0 Å². The van der Waals surface area contributed by atoms with Gasteiger partial charge in [0.05, 0.1) is 18.4 Å². The highest BCUT2D eigenvalue weighted by Gasteiger charge is 2.17. The molecule has 0 heterocycles. The second-order valence-corrected chi connectivity index (χ2v) is 6.20. The molecule has 21 heavy (non-hydrogen) atoms. The summed E-state index contributed by atoms with van der Waals surface area (Å²) in [5.41, 5.74) is 0. The third kappa shape index (κ3) is 5.87. The van der Waals surface area contributed by atoms with Crippen LogP contribution in [0.1, 0.15) is 20.8 Å². The van der Waals surface area contributed by atoms with Crippen molar-refractivity contribution in [3.05, 3.63) is 24.3 Å². The molecule has 0 aliphatic heterocycles. The molecule has 0 aliphatic rings. The number of thioether (sulfide) groups is 1. The molecule has 0 fully saturated rings. The van der Waals surface area contributed by atoms with Crippen LogP contribution in [0.3, 0.4) is 0 Å². The van der Waals surface area contributed by atoms with E-state index in [4.69, 9.17) is 9.47 Å². The molecule has 4 nitrogen and oxygen atoms in total. The highest BCUT2D eigenvalue weighted by molar-refractivity contribution is 8.00. The zero-order valence-corrected chi connectivity index (χ0v) is 14.1. The Morgan fingerprint density at radius 2 is 1.86 bits per heavy atom. The highest BCUT2D eigenvalue weighted by Crippen LogP contribution is 2.26. The van der Waals surface area contributed by atoms with Crippen LogP contribution in [-0.4, -0.2) is 48.6 Å². The van der Waals surface area contributed by atoms with Gasteiger partial charge < -0.3 is 14.4 Å². The second kappa shape index (κ2) is 9.55. The van der Waals surface area contributed by atoms with E-state index in [9.17, 15) is 4.79 Å². The number of amides is 1. The maximum Gasteiger partial charge on any atom is 0.235 e. The molecule has 1 atom stereocenters. The molecule has 0 aromatic heterocycles. The number of carbonyl (C=O) groups excluding carboxylic acids is 1. The van der Waals surface area contributed by atoms with Crippen LogP contribution in [0.5, 0.6) is 11.5 Å². The topological polar surface area (TPSA) is 38.8 Å². The van der Waals surface area contributed by atoms with Gasteiger partial charge in [0.1, 0.15) is 6.61 Å². The summed E-state index contributed by atoms with van der Waals surface area (Å²) in [6, 6.07) is 7.58. The van der Waals surface area contributed by atoms with Crippen molar-refractivity contribution >= 4 is 17.7 Å². The molecule has 5 heteroatoms. The molecular weight excluding hydrogens is 286 g/mol. The van der Waals surface area contributed by atoms with E-state index in [2.05, 4.69) is 6.92 Å². The van der Waals surface area contributed by atoms with E-state index in [-0.39, 0.29) is 11.2 Å². The van der Waals surface area contributed by atoms with Gasteiger partial charge >= 0.3 is 0 Å². The average molecular weight is 311 g/mol. The molecule has 1 aromatic rings. The Hall–Kier alpha value is -1.36. The third-order valence-corrected chi connectivity index (χ3v) is 4.01. The first kappa shape index (κ1) is 17.7. The van der Waals surface area contributed by atoms with Crippen LogP contribution in [-0.2, 0) is 4.79 Å². The van der Waals surface area contributed by atoms with Crippen molar-refractivity contribution in [3.63, 3.8) is 0 Å². The predicted molar refractivity (Wildman–Crippen MR) is 88.3 cm³/mol. The van der Waals surface area contributed by atoms with Gasteiger partial charge in [0.2, 0.25) is 5.91 Å². The molecule has 0 spiro atoms. The van der Waals surface area contributed by atoms with Crippen molar-refractivity contribution in [1.82, 2.24) is 4.90 Å². The Balaban J connectivity index is 2.44. The third-order valence-electron chi connectivity index (χ3n) is 2.97. The lowest BCUT2D eigenvalue weighted by Gasteiger charge is -2.21. The quantitative estimate of drug-likeness (QED) is 0.702. The normalized spacial score (nSPS) is 11.8. The van der Waals surface area contributed by atoms with E-state index in [1.807, 2.05) is 45.2 Å². The summed E-state index contributed by atoms with van der Waals surface area (Å²) < 4.78 is 11.2. The lowest BCUT2D eigenvalue weighted by Crippen LogP contribution is -2.36. The molecule has 0 saturated heterocycles. The van der Waals surface area contributed by atoms with E-state index in [0.717, 1.165) is 17.3 Å². The number of rotatable bonds is 9. The van der Waals surface area contributed by atoms with Gasteiger partial charge in [-0.25, -0.2) is 0 Å². The molecule has 1 amide bonds. The zero-order valence-electron chi connectivity index (χ0n) is 13.3. The minimum Gasteiger partial charge on any atom is -0.490 e. The van der Waals surface area contributed by atoms with Gasteiger partial charge in [0.15, 0.2) is 11.5 Å². The first-order chi connectivity index (χ1) is 10.1. The highest BCUT2D eigenvalue weighted by atomic mass is 32.2. The van der Waals surface area contributed by atoms with Gasteiger partial charge in [-0.3, -0.25) is 4.79 Å². The summed E-state index contributed by atoms with van der Waals surface area (Å²) in [7, 11) is 1.81. The number of hydrogen-bond donors (Lipinski definition) is 0. The molecule has 0 N–H and O–H groups in total. The number of likely N-dealkylation sites (N-methyl/N-ethyl adjacent to an activating group) is 1. The molecule has 0 aliphatic carbocycles. The summed E-state index contributed by atoms with van der Waals surface area (Å²) in [6.07, 6.45) is 0. The van der Waals surface area contributed by atoms with Gasteiger partial charge in [0.25, 0.3) is 0 Å². The van der Waals surface area contributed by atoms with Crippen LogP contribution in [0.15, 0.2) is 24.3 Å². The molecule has 0 bridgehead atoms. The number of ether oxygens (including phenoxy) is 2. The smallest absolute Gasteiger partial charge is 0.235 e. The summed E-state index contributed by atoms with van der Waals surface area (Å²) in [4.78, 5) is 13.8. The number of nitrogens with zero attached hydrogens (tertiary/aromatic N) is 1. The maximum absolute atomic E-state index is 12.1. The Bertz CT molecular complexity index is 439. The van der Waals surface area contributed by atoms with Crippen LogP contribution in [0.25, 0.3) is 0 Å². The monoisotopic (exact) mass is 311 g/mol. The number of carbonyl (C=O) groups is 1. The lowest BCUT2D eigenvalue weighted by molar-refractivity contribution is -0.129. The van der Waals surface area contributed by atoms with Gasteiger partial charge in [-0.15, -0.1) is 11.8 Å². The Kier molecular flexibility index (Phi) is 8.05. The van der Waals surface area contributed by atoms with Gasteiger partial charge in [-0.2, -0.15) is 0 Å². The lowest BCUT2D eigenvalue weighted by atomic mass is 10.3. The second-order valence-electron chi connectivity index (χ2n) is 4.59.